The van der Waals surface area contributed by atoms with Crippen molar-refractivity contribution in [1.29, 1.82) is 0 Å². The second-order valence-corrected chi connectivity index (χ2v) is 5.01. The van der Waals surface area contributed by atoms with Gasteiger partial charge < -0.3 is 10.2 Å². The van der Waals surface area contributed by atoms with Crippen LogP contribution in [0.5, 0.6) is 0 Å². The summed E-state index contributed by atoms with van der Waals surface area (Å²) in [5.74, 6) is -0.477. The van der Waals surface area contributed by atoms with Crippen LogP contribution in [0, 0.1) is 5.82 Å². The Kier molecular flexibility index (Phi) is 3.60. The minimum absolute atomic E-state index is 0.107. The van der Waals surface area contributed by atoms with Crippen LogP contribution in [0.2, 0.25) is 0 Å². The molecular formula is C15H17FN4O. The summed E-state index contributed by atoms with van der Waals surface area (Å²) >= 11 is 0. The second kappa shape index (κ2) is 5.55. The van der Waals surface area contributed by atoms with Crippen molar-refractivity contribution in [3.63, 3.8) is 0 Å². The maximum Gasteiger partial charge on any atom is 0.249 e. The quantitative estimate of drug-likeness (QED) is 0.939. The van der Waals surface area contributed by atoms with E-state index in [0.717, 1.165) is 12.2 Å². The maximum absolute atomic E-state index is 13.8. The molecule has 0 saturated carbocycles. The first-order valence-corrected chi connectivity index (χ1v) is 7.04. The molecule has 1 atom stereocenters. The molecule has 1 aliphatic rings. The van der Waals surface area contributed by atoms with Crippen LogP contribution in [0.4, 0.5) is 15.8 Å². The summed E-state index contributed by atoms with van der Waals surface area (Å²) in [6.45, 7) is 3.29. The number of amides is 1. The Balaban J connectivity index is 1.73. The van der Waals surface area contributed by atoms with Crippen LogP contribution in [0.15, 0.2) is 36.7 Å². The molecule has 0 radical (unpaired) electrons. The number of hydrogen-bond acceptors (Lipinski definition) is 3. The molecule has 3 rings (SSSR count). The molecule has 0 aliphatic carbocycles. The molecule has 2 heterocycles. The molecule has 1 amide bonds. The molecule has 1 fully saturated rings. The van der Waals surface area contributed by atoms with Gasteiger partial charge in [-0.3, -0.25) is 9.48 Å². The lowest BCUT2D eigenvalue weighted by atomic mass is 10.2. The van der Waals surface area contributed by atoms with E-state index in [1.807, 2.05) is 13.1 Å². The van der Waals surface area contributed by atoms with Crippen LogP contribution in [-0.2, 0) is 11.3 Å². The van der Waals surface area contributed by atoms with E-state index in [0.29, 0.717) is 18.7 Å². The van der Waals surface area contributed by atoms with Crippen LogP contribution in [-0.4, -0.2) is 28.3 Å². The molecule has 1 N–H and O–H groups in total. The summed E-state index contributed by atoms with van der Waals surface area (Å²) in [4.78, 5) is 13.9. The highest BCUT2D eigenvalue weighted by molar-refractivity contribution is 6.01. The first-order valence-electron chi connectivity index (χ1n) is 7.04. The van der Waals surface area contributed by atoms with Gasteiger partial charge >= 0.3 is 0 Å². The van der Waals surface area contributed by atoms with Crippen molar-refractivity contribution in [1.82, 2.24) is 9.78 Å². The predicted octanol–water partition coefficient (Wildman–Crippen LogP) is 2.26. The zero-order valence-corrected chi connectivity index (χ0v) is 11.8. The van der Waals surface area contributed by atoms with E-state index < -0.39 is 0 Å². The zero-order valence-electron chi connectivity index (χ0n) is 11.8. The molecule has 110 valence electrons. The average molecular weight is 288 g/mol. The van der Waals surface area contributed by atoms with Gasteiger partial charge in [0.1, 0.15) is 11.9 Å². The number of carbonyl (C=O) groups excluding carboxylic acids is 1. The highest BCUT2D eigenvalue weighted by Crippen LogP contribution is 2.25. The Morgan fingerprint density at radius 1 is 1.43 bits per heavy atom. The van der Waals surface area contributed by atoms with Crippen LogP contribution in [0.3, 0.4) is 0 Å². The van der Waals surface area contributed by atoms with Crippen LogP contribution in [0.25, 0.3) is 0 Å². The summed E-state index contributed by atoms with van der Waals surface area (Å²) in [5, 5.41) is 7.33. The van der Waals surface area contributed by atoms with Crippen molar-refractivity contribution >= 4 is 17.3 Å². The molecule has 2 aromatic rings. The number of nitrogens with zero attached hydrogens (tertiary/aromatic N) is 3. The Morgan fingerprint density at radius 2 is 2.24 bits per heavy atom. The molecule has 5 nitrogen and oxygen atoms in total. The van der Waals surface area contributed by atoms with Gasteiger partial charge in [-0.2, -0.15) is 5.10 Å². The number of anilines is 2. The number of carbonyl (C=O) groups is 1. The summed E-state index contributed by atoms with van der Waals surface area (Å²) in [7, 11) is 0. The molecule has 0 bridgehead atoms. The summed E-state index contributed by atoms with van der Waals surface area (Å²) < 4.78 is 15.6. The molecule has 1 saturated heterocycles. The Morgan fingerprint density at radius 3 is 2.95 bits per heavy atom. The van der Waals surface area contributed by atoms with Crippen molar-refractivity contribution in [2.75, 3.05) is 16.8 Å². The third kappa shape index (κ3) is 2.61. The molecular weight excluding hydrogens is 271 g/mol. The van der Waals surface area contributed by atoms with Gasteiger partial charge in [0, 0.05) is 19.3 Å². The van der Waals surface area contributed by atoms with Gasteiger partial charge in [0.15, 0.2) is 0 Å². The van der Waals surface area contributed by atoms with Crippen LogP contribution in [0.1, 0.15) is 13.3 Å². The van der Waals surface area contributed by atoms with E-state index in [1.54, 1.807) is 29.1 Å². The fraction of sp³-hybridized carbons (Fsp3) is 0.333. The lowest BCUT2D eigenvalue weighted by molar-refractivity contribution is -0.117. The van der Waals surface area contributed by atoms with Crippen molar-refractivity contribution < 1.29 is 9.18 Å². The van der Waals surface area contributed by atoms with Crippen molar-refractivity contribution in [3.8, 4) is 0 Å². The third-order valence-corrected chi connectivity index (χ3v) is 3.65. The van der Waals surface area contributed by atoms with Gasteiger partial charge in [-0.25, -0.2) is 4.39 Å². The summed E-state index contributed by atoms with van der Waals surface area (Å²) in [6.07, 6.45) is 4.20. The molecule has 21 heavy (non-hydrogen) atoms. The average Bonchev–Trinajstić information content (AvgIpc) is 3.08. The highest BCUT2D eigenvalue weighted by Gasteiger charge is 2.33. The minimum atomic E-state index is -0.370. The van der Waals surface area contributed by atoms with E-state index in [-0.39, 0.29) is 17.8 Å². The number of nitrogens with one attached hydrogen (secondary N) is 1. The van der Waals surface area contributed by atoms with Gasteiger partial charge in [-0.1, -0.05) is 12.1 Å². The summed E-state index contributed by atoms with van der Waals surface area (Å²) in [5.41, 5.74) is 1.15. The van der Waals surface area contributed by atoms with Crippen molar-refractivity contribution in [2.24, 2.45) is 0 Å². The van der Waals surface area contributed by atoms with E-state index in [1.165, 1.54) is 11.0 Å². The number of halogens is 1. The number of aryl methyl sites for hydroxylation is 1. The SMILES string of the molecule is CCn1cc(N[C@H]2CCN(c3ccccc3F)C2=O)cn1. The third-order valence-electron chi connectivity index (χ3n) is 3.65. The molecule has 1 aromatic heterocycles. The van der Waals surface area contributed by atoms with Gasteiger partial charge in [0.05, 0.1) is 17.6 Å². The zero-order chi connectivity index (χ0) is 14.8. The minimum Gasteiger partial charge on any atom is -0.371 e. The second-order valence-electron chi connectivity index (χ2n) is 5.01. The van der Waals surface area contributed by atoms with E-state index in [9.17, 15) is 9.18 Å². The number of hydrogen-bond donors (Lipinski definition) is 1. The largest absolute Gasteiger partial charge is 0.371 e. The first-order chi connectivity index (χ1) is 10.2. The Hall–Kier alpha value is -2.37. The van der Waals surface area contributed by atoms with E-state index >= 15 is 0 Å². The van der Waals surface area contributed by atoms with E-state index in [2.05, 4.69) is 10.4 Å². The number of para-hydroxylation sites is 1. The normalized spacial score (nSPS) is 18.3. The lowest BCUT2D eigenvalue weighted by Crippen LogP contribution is -2.33. The predicted molar refractivity (Wildman–Crippen MR) is 78.7 cm³/mol. The van der Waals surface area contributed by atoms with Gasteiger partial charge in [-0.15, -0.1) is 0 Å². The number of rotatable bonds is 4. The standard InChI is InChI=1S/C15H17FN4O/c1-2-19-10-11(9-17-19)18-13-7-8-20(15(13)21)14-6-4-3-5-12(14)16/h3-6,9-10,13,18H,2,7-8H2,1H3/t13-/m0/s1. The Bertz CT molecular complexity index is 655. The van der Waals surface area contributed by atoms with Crippen LogP contribution < -0.4 is 10.2 Å². The smallest absolute Gasteiger partial charge is 0.249 e. The topological polar surface area (TPSA) is 50.2 Å². The lowest BCUT2D eigenvalue weighted by Gasteiger charge is -2.17. The highest BCUT2D eigenvalue weighted by atomic mass is 19.1. The van der Waals surface area contributed by atoms with Crippen molar-refractivity contribution in [3.05, 3.63) is 42.5 Å². The van der Waals surface area contributed by atoms with Crippen molar-refractivity contribution in [2.45, 2.75) is 25.9 Å². The monoisotopic (exact) mass is 288 g/mol. The Labute approximate surface area is 122 Å². The fourth-order valence-electron chi connectivity index (χ4n) is 2.54. The van der Waals surface area contributed by atoms with E-state index in [4.69, 9.17) is 0 Å². The maximum atomic E-state index is 13.8. The van der Waals surface area contributed by atoms with Crippen LogP contribution >= 0.6 is 0 Å². The van der Waals surface area contributed by atoms with Gasteiger partial charge in [0.2, 0.25) is 5.91 Å². The van der Waals surface area contributed by atoms with Gasteiger partial charge in [-0.05, 0) is 25.5 Å². The number of aromatic nitrogens is 2. The molecule has 6 heteroatoms. The summed E-state index contributed by atoms with van der Waals surface area (Å²) in [6, 6.07) is 6.02. The fourth-order valence-corrected chi connectivity index (χ4v) is 2.54. The molecule has 1 aliphatic heterocycles. The molecule has 0 unspecified atom stereocenters. The molecule has 1 aromatic carbocycles. The van der Waals surface area contributed by atoms with Gasteiger partial charge in [0.25, 0.3) is 0 Å². The number of benzene rings is 1. The first kappa shape index (κ1) is 13.6. The molecule has 0 spiro atoms.